The van der Waals surface area contributed by atoms with E-state index < -0.39 is 0 Å². The second kappa shape index (κ2) is 8.35. The molecule has 0 saturated carbocycles. The molecule has 0 atom stereocenters. The van der Waals surface area contributed by atoms with Crippen LogP contribution in [0, 0.1) is 6.92 Å². The number of aryl methyl sites for hydroxylation is 1. The Labute approximate surface area is 168 Å². The number of rotatable bonds is 6. The Morgan fingerprint density at radius 1 is 1.18 bits per heavy atom. The van der Waals surface area contributed by atoms with E-state index in [9.17, 15) is 9.59 Å². The summed E-state index contributed by atoms with van der Waals surface area (Å²) in [4.78, 5) is 30.1. The smallest absolute Gasteiger partial charge is 0.226 e. The number of pyridine rings is 1. The van der Waals surface area contributed by atoms with Crippen LogP contribution in [0.15, 0.2) is 47.1 Å². The molecule has 0 spiro atoms. The van der Waals surface area contributed by atoms with Crippen molar-refractivity contribution in [3.05, 3.63) is 64.6 Å². The minimum Gasteiger partial charge on any atom is -0.361 e. The zero-order valence-electron chi connectivity index (χ0n) is 15.9. The molecule has 0 aliphatic carbocycles. The Morgan fingerprint density at radius 2 is 1.96 bits per heavy atom. The van der Waals surface area contributed by atoms with E-state index in [-0.39, 0.29) is 18.1 Å². The fourth-order valence-corrected chi connectivity index (χ4v) is 3.11. The van der Waals surface area contributed by atoms with E-state index >= 15 is 0 Å². The Kier molecular flexibility index (Phi) is 5.90. The molecule has 144 valence electrons. The minimum absolute atomic E-state index is 0.0161. The number of aromatic nitrogens is 2. The molecular formula is C21H20ClN3O3. The van der Waals surface area contributed by atoms with Crippen LogP contribution in [0.4, 0.5) is 5.69 Å². The Bertz CT molecular complexity index is 1010. The fraction of sp³-hybridized carbons (Fsp3) is 0.238. The van der Waals surface area contributed by atoms with Crippen LogP contribution in [-0.2, 0) is 11.2 Å². The van der Waals surface area contributed by atoms with Gasteiger partial charge in [-0.25, -0.2) is 0 Å². The summed E-state index contributed by atoms with van der Waals surface area (Å²) in [6, 6.07) is 10.6. The van der Waals surface area contributed by atoms with Gasteiger partial charge in [0.25, 0.3) is 0 Å². The summed E-state index contributed by atoms with van der Waals surface area (Å²) in [6.45, 7) is 3.61. The number of benzene rings is 1. The van der Waals surface area contributed by atoms with Gasteiger partial charge in [-0.2, -0.15) is 0 Å². The van der Waals surface area contributed by atoms with Gasteiger partial charge in [0.15, 0.2) is 5.78 Å². The van der Waals surface area contributed by atoms with Gasteiger partial charge >= 0.3 is 0 Å². The molecule has 0 aliphatic rings. The number of Topliss-reactive ketones (excluding diaryl/α,β-unsaturated/α-hetero) is 1. The van der Waals surface area contributed by atoms with Gasteiger partial charge in [0.05, 0.1) is 28.5 Å². The number of carbonyl (C=O) groups excluding carboxylic acids is 2. The lowest BCUT2D eigenvalue weighted by Crippen LogP contribution is -2.25. The summed E-state index contributed by atoms with van der Waals surface area (Å²) in [7, 11) is 1.70. The molecule has 2 heterocycles. The number of halogens is 1. The van der Waals surface area contributed by atoms with Crippen molar-refractivity contribution in [1.29, 1.82) is 0 Å². The second-order valence-corrected chi connectivity index (χ2v) is 6.85. The Hall–Kier alpha value is -2.99. The van der Waals surface area contributed by atoms with E-state index in [0.29, 0.717) is 34.1 Å². The van der Waals surface area contributed by atoms with Crippen molar-refractivity contribution in [2.75, 3.05) is 11.9 Å². The average molecular weight is 398 g/mol. The number of hydrogen-bond donors (Lipinski definition) is 0. The molecule has 0 saturated heterocycles. The predicted molar refractivity (Wildman–Crippen MR) is 108 cm³/mol. The summed E-state index contributed by atoms with van der Waals surface area (Å²) in [5.41, 5.74) is 3.36. The molecule has 1 amide bonds. The molecule has 0 fully saturated rings. The van der Waals surface area contributed by atoms with Crippen LogP contribution < -0.4 is 4.90 Å². The third kappa shape index (κ3) is 4.28. The number of amides is 1. The maximum Gasteiger partial charge on any atom is 0.226 e. The number of ketones is 1. The van der Waals surface area contributed by atoms with E-state index in [1.165, 1.54) is 11.1 Å². The standard InChI is InChI=1S/C21H20ClN3O3/c1-4-21(27)25(3)19-8-6-14(10-17(19)22)18-7-5-15(12-23-18)20(26)11-16-9-13(2)24-28-16/h5-10,12H,4,11H2,1-3H3. The van der Waals surface area contributed by atoms with Gasteiger partial charge in [-0.15, -0.1) is 0 Å². The largest absolute Gasteiger partial charge is 0.361 e. The fourth-order valence-electron chi connectivity index (χ4n) is 2.80. The molecule has 28 heavy (non-hydrogen) atoms. The number of nitrogens with zero attached hydrogens (tertiary/aromatic N) is 3. The van der Waals surface area contributed by atoms with Gasteiger partial charge in [0.1, 0.15) is 5.76 Å². The van der Waals surface area contributed by atoms with E-state index in [1.54, 1.807) is 51.2 Å². The summed E-state index contributed by atoms with van der Waals surface area (Å²) in [5.74, 6) is 0.417. The third-order valence-corrected chi connectivity index (χ3v) is 4.68. The predicted octanol–water partition coefficient (Wildman–Crippen LogP) is 4.50. The van der Waals surface area contributed by atoms with Crippen LogP contribution in [0.25, 0.3) is 11.3 Å². The first-order valence-electron chi connectivity index (χ1n) is 8.87. The molecule has 6 nitrogen and oxygen atoms in total. The highest BCUT2D eigenvalue weighted by Gasteiger charge is 2.14. The molecule has 0 bridgehead atoms. The maximum atomic E-state index is 12.4. The summed E-state index contributed by atoms with van der Waals surface area (Å²) >= 11 is 6.36. The second-order valence-electron chi connectivity index (χ2n) is 6.44. The summed E-state index contributed by atoms with van der Waals surface area (Å²) in [6.07, 6.45) is 2.08. The minimum atomic E-state index is -0.0942. The SMILES string of the molecule is CCC(=O)N(C)c1ccc(-c2ccc(C(=O)Cc3cc(C)no3)cn2)cc1Cl. The van der Waals surface area contributed by atoms with Crippen molar-refractivity contribution in [1.82, 2.24) is 10.1 Å². The first kappa shape index (κ1) is 19.8. The first-order valence-corrected chi connectivity index (χ1v) is 9.24. The van der Waals surface area contributed by atoms with Crippen LogP contribution in [0.2, 0.25) is 5.02 Å². The van der Waals surface area contributed by atoms with Crippen LogP contribution in [0.3, 0.4) is 0 Å². The Morgan fingerprint density at radius 3 is 2.54 bits per heavy atom. The molecule has 7 heteroatoms. The van der Waals surface area contributed by atoms with Crippen LogP contribution in [0.1, 0.15) is 35.2 Å². The lowest BCUT2D eigenvalue weighted by Gasteiger charge is -2.18. The highest BCUT2D eigenvalue weighted by atomic mass is 35.5. The van der Waals surface area contributed by atoms with E-state index in [1.807, 2.05) is 6.07 Å². The van der Waals surface area contributed by atoms with E-state index in [2.05, 4.69) is 10.1 Å². The zero-order valence-corrected chi connectivity index (χ0v) is 16.7. The summed E-state index contributed by atoms with van der Waals surface area (Å²) < 4.78 is 5.08. The van der Waals surface area contributed by atoms with Crippen molar-refractivity contribution in [2.45, 2.75) is 26.7 Å². The monoisotopic (exact) mass is 397 g/mol. The molecule has 3 rings (SSSR count). The van der Waals surface area contributed by atoms with Gasteiger partial charge in [0.2, 0.25) is 5.91 Å². The van der Waals surface area contributed by atoms with Crippen LogP contribution in [0.5, 0.6) is 0 Å². The molecule has 0 unspecified atom stereocenters. The van der Waals surface area contributed by atoms with Crippen molar-refractivity contribution in [3.63, 3.8) is 0 Å². The highest BCUT2D eigenvalue weighted by Crippen LogP contribution is 2.30. The van der Waals surface area contributed by atoms with Gasteiger partial charge in [0, 0.05) is 36.9 Å². The number of anilines is 1. The topological polar surface area (TPSA) is 76.3 Å². The molecule has 2 aromatic heterocycles. The first-order chi connectivity index (χ1) is 13.4. The van der Waals surface area contributed by atoms with Gasteiger partial charge in [-0.1, -0.05) is 29.7 Å². The molecule has 0 N–H and O–H groups in total. The van der Waals surface area contributed by atoms with Crippen LogP contribution >= 0.6 is 11.6 Å². The average Bonchev–Trinajstić information content (AvgIpc) is 3.11. The highest BCUT2D eigenvalue weighted by molar-refractivity contribution is 6.34. The lowest BCUT2D eigenvalue weighted by atomic mass is 10.1. The van der Waals surface area contributed by atoms with Gasteiger partial charge in [-0.3, -0.25) is 14.6 Å². The molecule has 1 aromatic carbocycles. The molecule has 0 aliphatic heterocycles. The normalized spacial score (nSPS) is 10.7. The van der Waals surface area contributed by atoms with Crippen molar-refractivity contribution >= 4 is 29.0 Å². The number of carbonyl (C=O) groups is 2. The molecule has 3 aromatic rings. The Balaban J connectivity index is 1.77. The molecular weight excluding hydrogens is 378 g/mol. The van der Waals surface area contributed by atoms with E-state index in [0.717, 1.165) is 11.3 Å². The molecule has 0 radical (unpaired) electrons. The van der Waals surface area contributed by atoms with Crippen molar-refractivity contribution < 1.29 is 14.1 Å². The van der Waals surface area contributed by atoms with Gasteiger partial charge in [-0.05, 0) is 31.2 Å². The van der Waals surface area contributed by atoms with E-state index in [4.69, 9.17) is 16.1 Å². The van der Waals surface area contributed by atoms with Crippen molar-refractivity contribution in [2.24, 2.45) is 0 Å². The third-order valence-electron chi connectivity index (χ3n) is 4.38. The number of hydrogen-bond acceptors (Lipinski definition) is 5. The van der Waals surface area contributed by atoms with Crippen molar-refractivity contribution in [3.8, 4) is 11.3 Å². The van der Waals surface area contributed by atoms with Crippen LogP contribution in [-0.4, -0.2) is 28.9 Å². The maximum absolute atomic E-state index is 12.4. The summed E-state index contributed by atoms with van der Waals surface area (Å²) in [5, 5.41) is 4.24. The van der Waals surface area contributed by atoms with Gasteiger partial charge < -0.3 is 9.42 Å². The zero-order chi connectivity index (χ0) is 20.3. The quantitative estimate of drug-likeness (QED) is 0.572. The lowest BCUT2D eigenvalue weighted by molar-refractivity contribution is -0.118.